The standard InChI is InChI=1S/C18H26N6O2/c1-13-9-14(2)24(22-13)18(26)21-17(25)16-10-15-11-23(12-20-15)8-6-4-3-5-7-19-16/h9,11-12,16,19H,3-8,10H2,1-2H3,(H,21,25,26)/t16-/m0/s1. The van der Waals surface area contributed by atoms with Gasteiger partial charge in [0, 0.05) is 24.9 Å². The molecular weight excluding hydrogens is 332 g/mol. The Hall–Kier alpha value is -2.48. The summed E-state index contributed by atoms with van der Waals surface area (Å²) in [5.74, 6) is -0.353. The predicted octanol–water partition coefficient (Wildman–Crippen LogP) is 1.56. The molecule has 3 rings (SSSR count). The van der Waals surface area contributed by atoms with Crippen LogP contribution in [0.1, 0.15) is 42.8 Å². The number of hydrogen-bond acceptors (Lipinski definition) is 5. The number of imidazole rings is 1. The molecule has 26 heavy (non-hydrogen) atoms. The maximum atomic E-state index is 12.7. The molecule has 0 aromatic carbocycles. The van der Waals surface area contributed by atoms with Crippen molar-refractivity contribution < 1.29 is 9.59 Å². The Morgan fingerprint density at radius 1 is 1.23 bits per heavy atom. The predicted molar refractivity (Wildman–Crippen MR) is 96.8 cm³/mol. The number of carbonyl (C=O) groups excluding carboxylic acids is 2. The van der Waals surface area contributed by atoms with Crippen molar-refractivity contribution in [2.75, 3.05) is 6.54 Å². The largest absolute Gasteiger partial charge is 0.348 e. The maximum Gasteiger partial charge on any atom is 0.348 e. The second kappa shape index (κ2) is 8.27. The lowest BCUT2D eigenvalue weighted by Crippen LogP contribution is -2.49. The first-order chi connectivity index (χ1) is 12.5. The van der Waals surface area contributed by atoms with Crippen LogP contribution in [0.2, 0.25) is 0 Å². The fourth-order valence-electron chi connectivity index (χ4n) is 3.23. The van der Waals surface area contributed by atoms with Gasteiger partial charge in [-0.1, -0.05) is 12.8 Å². The van der Waals surface area contributed by atoms with E-state index in [1.165, 1.54) is 4.68 Å². The van der Waals surface area contributed by atoms with Gasteiger partial charge in [-0.15, -0.1) is 0 Å². The van der Waals surface area contributed by atoms with Crippen LogP contribution in [-0.2, 0) is 17.8 Å². The summed E-state index contributed by atoms with van der Waals surface area (Å²) >= 11 is 0. The van der Waals surface area contributed by atoms with Crippen LogP contribution in [0.4, 0.5) is 4.79 Å². The summed E-state index contributed by atoms with van der Waals surface area (Å²) in [7, 11) is 0. The van der Waals surface area contributed by atoms with Crippen LogP contribution in [0.3, 0.4) is 0 Å². The molecule has 1 aliphatic rings. The monoisotopic (exact) mass is 358 g/mol. The van der Waals surface area contributed by atoms with Crippen molar-refractivity contribution >= 4 is 11.9 Å². The second-order valence-electron chi connectivity index (χ2n) is 6.86. The molecule has 1 aliphatic heterocycles. The number of rotatable bonds is 1. The zero-order valence-corrected chi connectivity index (χ0v) is 15.4. The molecule has 2 aromatic rings. The smallest absolute Gasteiger partial charge is 0.337 e. The van der Waals surface area contributed by atoms with E-state index in [0.29, 0.717) is 12.1 Å². The third-order valence-corrected chi connectivity index (χ3v) is 4.58. The van der Waals surface area contributed by atoms with Gasteiger partial charge in [0.2, 0.25) is 5.91 Å². The molecule has 1 atom stereocenters. The number of aryl methyl sites for hydroxylation is 3. The lowest BCUT2D eigenvalue weighted by atomic mass is 10.1. The summed E-state index contributed by atoms with van der Waals surface area (Å²) in [6, 6.07) is 0.767. The molecule has 3 heterocycles. The van der Waals surface area contributed by atoms with Crippen molar-refractivity contribution in [3.63, 3.8) is 0 Å². The zero-order valence-electron chi connectivity index (χ0n) is 15.4. The number of fused-ring (bicyclic) bond motifs is 2. The van der Waals surface area contributed by atoms with E-state index in [1.54, 1.807) is 13.0 Å². The first-order valence-corrected chi connectivity index (χ1v) is 9.15. The highest BCUT2D eigenvalue weighted by atomic mass is 16.2. The van der Waals surface area contributed by atoms with Crippen molar-refractivity contribution in [3.8, 4) is 0 Å². The number of amides is 2. The Bertz CT molecular complexity index is 778. The molecule has 2 bridgehead atoms. The van der Waals surface area contributed by atoms with Gasteiger partial charge < -0.3 is 9.88 Å². The minimum Gasteiger partial charge on any atom is -0.337 e. The van der Waals surface area contributed by atoms with Gasteiger partial charge in [-0.3, -0.25) is 10.1 Å². The molecule has 0 saturated carbocycles. The highest BCUT2D eigenvalue weighted by Gasteiger charge is 2.23. The third kappa shape index (κ3) is 4.57. The third-order valence-electron chi connectivity index (χ3n) is 4.58. The van der Waals surface area contributed by atoms with Gasteiger partial charge in [-0.2, -0.15) is 9.78 Å². The Balaban J connectivity index is 1.69. The Morgan fingerprint density at radius 2 is 2.04 bits per heavy atom. The number of nitrogens with zero attached hydrogens (tertiary/aromatic N) is 4. The minimum absolute atomic E-state index is 0.353. The van der Waals surface area contributed by atoms with Crippen molar-refractivity contribution in [1.82, 2.24) is 30.0 Å². The van der Waals surface area contributed by atoms with Crippen molar-refractivity contribution in [2.24, 2.45) is 0 Å². The first-order valence-electron chi connectivity index (χ1n) is 9.15. The molecule has 8 nitrogen and oxygen atoms in total. The summed E-state index contributed by atoms with van der Waals surface area (Å²) in [4.78, 5) is 29.4. The topological polar surface area (TPSA) is 93.8 Å². The van der Waals surface area contributed by atoms with Crippen molar-refractivity contribution in [1.29, 1.82) is 0 Å². The average molecular weight is 358 g/mol. The van der Waals surface area contributed by atoms with Crippen LogP contribution in [0, 0.1) is 13.8 Å². The molecule has 0 saturated heterocycles. The van der Waals surface area contributed by atoms with Gasteiger partial charge in [0.05, 0.1) is 23.8 Å². The first kappa shape index (κ1) is 18.3. The van der Waals surface area contributed by atoms with E-state index in [0.717, 1.165) is 50.2 Å². The number of imide groups is 1. The van der Waals surface area contributed by atoms with Crippen LogP contribution in [-0.4, -0.2) is 43.9 Å². The molecular formula is C18H26N6O2. The average Bonchev–Trinajstić information content (AvgIpc) is 3.17. The summed E-state index contributed by atoms with van der Waals surface area (Å²) in [6.45, 7) is 5.29. The minimum atomic E-state index is -0.529. The van der Waals surface area contributed by atoms with Crippen LogP contribution in [0.15, 0.2) is 18.6 Å². The fourth-order valence-corrected chi connectivity index (χ4v) is 3.23. The van der Waals surface area contributed by atoms with Crippen LogP contribution < -0.4 is 10.6 Å². The molecule has 2 N–H and O–H groups in total. The van der Waals surface area contributed by atoms with E-state index in [-0.39, 0.29) is 5.91 Å². The summed E-state index contributed by atoms with van der Waals surface area (Å²) in [5.41, 5.74) is 2.27. The van der Waals surface area contributed by atoms with Crippen molar-refractivity contribution in [3.05, 3.63) is 35.7 Å². The Morgan fingerprint density at radius 3 is 2.81 bits per heavy atom. The molecule has 8 heteroatoms. The highest BCUT2D eigenvalue weighted by Crippen LogP contribution is 2.08. The molecule has 140 valence electrons. The SMILES string of the molecule is Cc1cc(C)n(C(=O)NC(=O)[C@@H]2Cc3cn(cn3)CCCCCCN2)n1. The number of nitrogens with one attached hydrogen (secondary N) is 2. The zero-order chi connectivity index (χ0) is 18.5. The van der Waals surface area contributed by atoms with E-state index < -0.39 is 12.1 Å². The Kier molecular flexibility index (Phi) is 5.82. The van der Waals surface area contributed by atoms with Gasteiger partial charge in [0.15, 0.2) is 0 Å². The van der Waals surface area contributed by atoms with Gasteiger partial charge in [0.25, 0.3) is 0 Å². The summed E-state index contributed by atoms with van der Waals surface area (Å²) in [6.07, 6.45) is 8.65. The maximum absolute atomic E-state index is 12.7. The molecule has 2 amide bonds. The normalized spacial score (nSPS) is 18.6. The molecule has 0 unspecified atom stereocenters. The van der Waals surface area contributed by atoms with Gasteiger partial charge in [0.1, 0.15) is 0 Å². The van der Waals surface area contributed by atoms with E-state index >= 15 is 0 Å². The Labute approximate surface area is 153 Å². The van der Waals surface area contributed by atoms with Gasteiger partial charge in [-0.25, -0.2) is 9.78 Å². The van der Waals surface area contributed by atoms with Gasteiger partial charge in [-0.05, 0) is 39.3 Å². The van der Waals surface area contributed by atoms with Crippen LogP contribution in [0.5, 0.6) is 0 Å². The lowest BCUT2D eigenvalue weighted by molar-refractivity contribution is -0.122. The summed E-state index contributed by atoms with van der Waals surface area (Å²) < 4.78 is 3.28. The van der Waals surface area contributed by atoms with Crippen LogP contribution >= 0.6 is 0 Å². The van der Waals surface area contributed by atoms with Gasteiger partial charge >= 0.3 is 6.03 Å². The highest BCUT2D eigenvalue weighted by molar-refractivity contribution is 5.97. The second-order valence-corrected chi connectivity index (χ2v) is 6.86. The van der Waals surface area contributed by atoms with E-state index in [4.69, 9.17) is 0 Å². The molecule has 0 aliphatic carbocycles. The fraction of sp³-hybridized carbons (Fsp3) is 0.556. The van der Waals surface area contributed by atoms with Crippen molar-refractivity contribution in [2.45, 2.75) is 58.5 Å². The lowest BCUT2D eigenvalue weighted by Gasteiger charge is -2.17. The molecule has 2 aromatic heterocycles. The molecule has 0 fully saturated rings. The number of carbonyl (C=O) groups is 2. The molecule has 0 spiro atoms. The summed E-state index contributed by atoms with van der Waals surface area (Å²) in [5, 5.41) is 9.85. The quantitative estimate of drug-likeness (QED) is 0.807. The molecule has 0 radical (unpaired) electrons. The number of aromatic nitrogens is 4. The van der Waals surface area contributed by atoms with E-state index in [9.17, 15) is 9.59 Å². The van der Waals surface area contributed by atoms with Crippen LogP contribution in [0.25, 0.3) is 0 Å². The van der Waals surface area contributed by atoms with E-state index in [2.05, 4.69) is 25.3 Å². The number of hydrogen-bond donors (Lipinski definition) is 2. The van der Waals surface area contributed by atoms with E-state index in [1.807, 2.05) is 19.4 Å².